The van der Waals surface area contributed by atoms with Crippen LogP contribution in [0.15, 0.2) is 200 Å². The van der Waals surface area contributed by atoms with Crippen molar-refractivity contribution in [3.8, 4) is 0 Å². The molecule has 8 aliphatic rings. The fourth-order valence-corrected chi connectivity index (χ4v) is 32.6. The van der Waals surface area contributed by atoms with Crippen molar-refractivity contribution in [2.75, 3.05) is 104 Å². The van der Waals surface area contributed by atoms with Crippen LogP contribution in [0.3, 0.4) is 0 Å². The summed E-state index contributed by atoms with van der Waals surface area (Å²) < 4.78 is 18.6. The third-order valence-electron chi connectivity index (χ3n) is 21.7. The van der Waals surface area contributed by atoms with Crippen LogP contribution in [0.25, 0.3) is 14.9 Å². The summed E-state index contributed by atoms with van der Waals surface area (Å²) in [5.41, 5.74) is 9.60. The molecule has 0 spiro atoms. The topological polar surface area (TPSA) is 86.2 Å². The number of morpholine rings is 1. The smallest absolute Gasteiger partial charge is 0.660 e. The number of para-hydroxylation sites is 3. The largest absolute Gasteiger partial charge is 3.00 e. The molecule has 0 amide bonds. The molecule has 13 rings (SSSR count). The number of rotatable bonds is 12. The van der Waals surface area contributed by atoms with Crippen LogP contribution in [0.2, 0.25) is 42.8 Å². The zero-order chi connectivity index (χ0) is 76.3. The quantitative estimate of drug-likeness (QED) is 0.0902. The van der Waals surface area contributed by atoms with E-state index in [2.05, 4.69) is 308 Å². The molecule has 592 valence electrons. The molecule has 0 N–H and O–H groups in total. The number of nitrogens with zero attached hydrogens (tertiary/aromatic N) is 8. The summed E-state index contributed by atoms with van der Waals surface area (Å²) in [7, 11) is 12.8. The Morgan fingerprint density at radius 3 is 1.17 bits per heavy atom. The average molecular weight is 1640 g/mol. The summed E-state index contributed by atoms with van der Waals surface area (Å²) in [6.07, 6.45) is 29.7. The number of benzene rings is 5. The Kier molecular flexibility index (Phi) is 41.7. The summed E-state index contributed by atoms with van der Waals surface area (Å²) in [4.78, 5) is 27.6. The molecular formula is C93H141N8O3Sc3Si3. The Hall–Kier alpha value is -3.51. The summed E-state index contributed by atoms with van der Waals surface area (Å²) in [5.74, 6) is 3.29. The second kappa shape index (κ2) is 44.7. The first kappa shape index (κ1) is 103. The average Bonchev–Trinajstić information content (AvgIpc) is 1.57. The molecule has 2 aliphatic heterocycles. The van der Waals surface area contributed by atoms with Gasteiger partial charge in [0, 0.05) is 38.7 Å². The number of likely N-dealkylation sites (N-methyl/N-ethyl adjacent to an activating group) is 1. The SMILES string of the molecule is CC(C)(C)[N-][Si](C)(C)C1C2C=CC=CC2C2OCCOC21.CN1CCOC2C1C1C=CC=CC1C2[Si](C)(C)[N-]C(C)(C)C.Cc1ccc([Si]([N-]C(C)(C)C)(c2ccccc2)C2C3C=CC=CC3CC2N(C)C)cc1.[CH2-]c1ccccc1N(C)C.[CH2-]c1ccccc1N(C)C.[CH2-]c1ccccc1N(C)C.[CH3-].[CH3-].[CH3-].[Sc+3].[Sc+3].[Sc+3]. The summed E-state index contributed by atoms with van der Waals surface area (Å²) in [5, 5.41) is 2.88. The van der Waals surface area contributed by atoms with Crippen molar-refractivity contribution in [2.24, 2.45) is 35.5 Å². The maximum atomic E-state index is 6.34. The number of allylic oxidation sites excluding steroid dienone is 10. The molecule has 3 saturated carbocycles. The van der Waals surface area contributed by atoms with Gasteiger partial charge >= 0.3 is 77.5 Å². The van der Waals surface area contributed by atoms with Crippen molar-refractivity contribution < 1.29 is 91.7 Å². The molecule has 6 aliphatic carbocycles. The van der Waals surface area contributed by atoms with Crippen LogP contribution in [-0.4, -0.2) is 171 Å². The molecule has 5 aromatic rings. The fourth-order valence-electron chi connectivity index (χ4n) is 18.3. The summed E-state index contributed by atoms with van der Waals surface area (Å²) in [6, 6.07) is 45.8. The number of hydrogen-bond donors (Lipinski definition) is 0. The number of aryl methyl sites for hydroxylation is 1. The van der Waals surface area contributed by atoms with E-state index in [4.69, 9.17) is 29.2 Å². The van der Waals surface area contributed by atoms with Crippen LogP contribution in [-0.2, 0) is 91.7 Å². The molecule has 17 heteroatoms. The van der Waals surface area contributed by atoms with Crippen molar-refractivity contribution in [3.63, 3.8) is 0 Å². The number of hydrogen-bond acceptors (Lipinski definition) is 8. The molecular weight excluding hydrogens is 1500 g/mol. The van der Waals surface area contributed by atoms with Crippen LogP contribution in [0.1, 0.15) is 91.0 Å². The minimum atomic E-state index is -2.51. The van der Waals surface area contributed by atoms with E-state index < -0.39 is 24.7 Å². The Labute approximate surface area is 732 Å². The van der Waals surface area contributed by atoms with Crippen molar-refractivity contribution in [2.45, 2.75) is 165 Å². The zero-order valence-electron chi connectivity index (χ0n) is 72.8. The Balaban J connectivity index is 0.000000467. The molecule has 11 nitrogen and oxygen atoms in total. The van der Waals surface area contributed by atoms with Gasteiger partial charge in [-0.05, 0) is 117 Å². The molecule has 0 bridgehead atoms. The predicted molar refractivity (Wildman–Crippen MR) is 477 cm³/mol. The van der Waals surface area contributed by atoms with Gasteiger partial charge in [-0.25, -0.2) is 0 Å². The van der Waals surface area contributed by atoms with E-state index in [9.17, 15) is 0 Å². The van der Waals surface area contributed by atoms with E-state index in [1.54, 1.807) is 0 Å². The first-order valence-corrected chi connectivity index (χ1v) is 46.3. The van der Waals surface area contributed by atoms with Gasteiger partial charge in [0.1, 0.15) is 0 Å². The molecule has 0 aromatic heterocycles. The van der Waals surface area contributed by atoms with Crippen LogP contribution in [0.5, 0.6) is 0 Å². The van der Waals surface area contributed by atoms with Crippen LogP contribution < -0.4 is 25.1 Å². The number of anilines is 3. The molecule has 2 saturated heterocycles. The van der Waals surface area contributed by atoms with Gasteiger partial charge in [0.25, 0.3) is 0 Å². The van der Waals surface area contributed by atoms with Gasteiger partial charge in [-0.3, -0.25) is 4.90 Å². The zero-order valence-corrected chi connectivity index (χ0v) is 81.2. The van der Waals surface area contributed by atoms with Gasteiger partial charge in [0.2, 0.25) is 0 Å². The molecule has 15 unspecified atom stereocenters. The van der Waals surface area contributed by atoms with Gasteiger partial charge in [-0.15, -0.1) is 34.8 Å². The maximum absolute atomic E-state index is 6.34. The Morgan fingerprint density at radius 2 is 0.764 bits per heavy atom. The van der Waals surface area contributed by atoms with Crippen molar-refractivity contribution in [1.29, 1.82) is 0 Å². The molecule has 2 heterocycles. The van der Waals surface area contributed by atoms with Crippen LogP contribution in [0.4, 0.5) is 17.1 Å². The van der Waals surface area contributed by atoms with Gasteiger partial charge in [-0.2, -0.15) is 55.7 Å². The first-order chi connectivity index (χ1) is 48.9. The van der Waals surface area contributed by atoms with Crippen molar-refractivity contribution in [3.05, 3.63) is 281 Å². The third kappa shape index (κ3) is 26.5. The van der Waals surface area contributed by atoms with Crippen LogP contribution >= 0.6 is 0 Å². The normalized spacial score (nSPS) is 25.5. The second-order valence-electron chi connectivity index (χ2n) is 34.9. The van der Waals surface area contributed by atoms with E-state index in [-0.39, 0.29) is 129 Å². The van der Waals surface area contributed by atoms with E-state index in [1.807, 2.05) is 96.9 Å². The second-order valence-corrected chi connectivity index (χ2v) is 46.9. The molecule has 0 radical (unpaired) electrons. The number of ether oxygens (including phenoxy) is 3. The predicted octanol–water partition coefficient (Wildman–Crippen LogP) is 20.1. The monoisotopic (exact) mass is 1640 g/mol. The Morgan fingerprint density at radius 1 is 0.409 bits per heavy atom. The van der Waals surface area contributed by atoms with Crippen LogP contribution in [0, 0.1) is 85.5 Å². The number of fused-ring (bicyclic) bond motifs is 7. The van der Waals surface area contributed by atoms with E-state index >= 15 is 0 Å². The first-order valence-electron chi connectivity index (χ1n) is 38.2. The molecule has 5 fully saturated rings. The molecule has 15 atom stereocenters. The van der Waals surface area contributed by atoms with Crippen molar-refractivity contribution >= 4 is 52.1 Å². The third-order valence-corrected chi connectivity index (χ3v) is 34.1. The van der Waals surface area contributed by atoms with Gasteiger partial charge in [0.05, 0.1) is 38.1 Å². The summed E-state index contributed by atoms with van der Waals surface area (Å²) in [6.45, 7) is 47.1. The van der Waals surface area contributed by atoms with Gasteiger partial charge in [0.15, 0.2) is 0 Å². The van der Waals surface area contributed by atoms with E-state index in [0.717, 1.165) is 43.1 Å². The minimum absolute atomic E-state index is 0. The van der Waals surface area contributed by atoms with E-state index in [1.165, 1.54) is 39.4 Å². The minimum Gasteiger partial charge on any atom is -0.660 e. The molecule has 110 heavy (non-hydrogen) atoms. The van der Waals surface area contributed by atoms with Gasteiger partial charge in [-0.1, -0.05) is 302 Å². The standard InChI is InChI=1S/C28H37N2Si.C18H31N2OSi.C17H28NO2Si.3C9H12N.3CH3.3Sc/c1-21-16-18-24(19-17-21)31(29-28(2,3)4,23-13-8-7-9-14-23)27-25-15-11-10-12-22(25)20-26(27)30(5)6;1-18(2,3)19-22(5,6)17-14-10-8-7-9-13(14)15-16(17)21-12-11-20(15)4;1-17(2,3)18-21(4,5)16-13-9-7-6-8-12(13)14-15(16)20-11-10-19-14;3*1-8-6-4-5-7-9(8)10(2)3;;;;;;/h7-19,22,25-27H,20H2,1-6H3;7-10,13-17H,11-12H2,1-6H3;6-9,12-16H,10-11H2,1-5H3;3*4-7H,1H2,2-3H3;3*1H3;;;/q9*-1;3*+3. The van der Waals surface area contributed by atoms with Gasteiger partial charge < -0.3 is 71.0 Å². The van der Waals surface area contributed by atoms with E-state index in [0.29, 0.717) is 70.3 Å². The molecule has 5 aromatic carbocycles. The fraction of sp³-hybridized carbons (Fsp3) is 0.484. The maximum Gasteiger partial charge on any atom is 3.00 e. The Bertz CT molecular complexity index is 3590. The van der Waals surface area contributed by atoms with Crippen molar-refractivity contribution in [1.82, 2.24) is 9.80 Å². The summed E-state index contributed by atoms with van der Waals surface area (Å²) >= 11 is 0.